The van der Waals surface area contributed by atoms with Crippen molar-refractivity contribution in [2.24, 2.45) is 0 Å². The summed E-state index contributed by atoms with van der Waals surface area (Å²) < 4.78 is 27.4. The quantitative estimate of drug-likeness (QED) is 0.841. The molecule has 1 saturated heterocycles. The fraction of sp³-hybridized carbons (Fsp3) is 0.615. The van der Waals surface area contributed by atoms with Gasteiger partial charge in [0.05, 0.1) is 5.69 Å². The summed E-state index contributed by atoms with van der Waals surface area (Å²) >= 11 is 1.85. The minimum absolute atomic E-state index is 0.0858. The molecule has 1 aliphatic rings. The largest absolute Gasteiger partial charge is 0.383 e. The molecule has 1 atom stereocenters. The molecule has 0 amide bonds. The predicted octanol–water partition coefficient (Wildman–Crippen LogP) is 2.08. The van der Waals surface area contributed by atoms with E-state index in [9.17, 15) is 8.42 Å². The lowest BCUT2D eigenvalue weighted by Gasteiger charge is -2.21. The molecule has 1 aromatic heterocycles. The smallest absolute Gasteiger partial charge is 0.260 e. The zero-order chi connectivity index (χ0) is 14.4. The van der Waals surface area contributed by atoms with Gasteiger partial charge in [0, 0.05) is 24.5 Å². The Bertz CT molecular complexity index is 528. The van der Waals surface area contributed by atoms with E-state index in [1.165, 1.54) is 19.0 Å². The van der Waals surface area contributed by atoms with Gasteiger partial charge in [0.25, 0.3) is 10.0 Å². The van der Waals surface area contributed by atoms with Crippen molar-refractivity contribution in [1.82, 2.24) is 9.71 Å². The summed E-state index contributed by atoms with van der Waals surface area (Å²) in [5.41, 5.74) is 0.554. The van der Waals surface area contributed by atoms with Gasteiger partial charge < -0.3 is 5.32 Å². The highest BCUT2D eigenvalue weighted by atomic mass is 32.2. The van der Waals surface area contributed by atoms with Crippen LogP contribution in [-0.4, -0.2) is 37.5 Å². The molecule has 1 aromatic rings. The second kappa shape index (κ2) is 7.28. The van der Waals surface area contributed by atoms with Crippen LogP contribution in [0.4, 0.5) is 5.69 Å². The number of aromatic nitrogens is 1. The van der Waals surface area contributed by atoms with E-state index >= 15 is 0 Å². The average molecular weight is 315 g/mol. The van der Waals surface area contributed by atoms with Crippen molar-refractivity contribution in [3.63, 3.8) is 0 Å². The van der Waals surface area contributed by atoms with E-state index in [4.69, 9.17) is 0 Å². The Hall–Kier alpha value is -0.790. The van der Waals surface area contributed by atoms with E-state index in [0.29, 0.717) is 24.0 Å². The summed E-state index contributed by atoms with van der Waals surface area (Å²) in [5, 5.41) is 3.50. The molecule has 0 spiro atoms. The SMILES string of the molecule is CCNc1cccnc1S(=O)(=O)NCC1CCCCS1. The molecule has 112 valence electrons. The first-order valence-electron chi connectivity index (χ1n) is 6.93. The van der Waals surface area contributed by atoms with Crippen LogP contribution in [0.25, 0.3) is 0 Å². The summed E-state index contributed by atoms with van der Waals surface area (Å²) in [6.45, 7) is 3.07. The highest BCUT2D eigenvalue weighted by molar-refractivity contribution is 8.00. The van der Waals surface area contributed by atoms with Crippen molar-refractivity contribution in [2.75, 3.05) is 24.2 Å². The number of nitrogens with zero attached hydrogens (tertiary/aromatic N) is 1. The van der Waals surface area contributed by atoms with E-state index in [1.807, 2.05) is 18.7 Å². The average Bonchev–Trinajstić information content (AvgIpc) is 2.47. The van der Waals surface area contributed by atoms with Crippen molar-refractivity contribution in [1.29, 1.82) is 0 Å². The lowest BCUT2D eigenvalue weighted by molar-refractivity contribution is 0.570. The molecule has 1 aliphatic heterocycles. The lowest BCUT2D eigenvalue weighted by Crippen LogP contribution is -2.32. The molecule has 1 unspecified atom stereocenters. The molecule has 0 aromatic carbocycles. The molecule has 0 bridgehead atoms. The summed E-state index contributed by atoms with van der Waals surface area (Å²) in [4.78, 5) is 4.01. The summed E-state index contributed by atoms with van der Waals surface area (Å²) in [7, 11) is -3.55. The van der Waals surface area contributed by atoms with E-state index in [1.54, 1.807) is 12.1 Å². The van der Waals surface area contributed by atoms with Crippen molar-refractivity contribution >= 4 is 27.5 Å². The van der Waals surface area contributed by atoms with Crippen molar-refractivity contribution in [3.8, 4) is 0 Å². The lowest BCUT2D eigenvalue weighted by atomic mass is 10.2. The first-order chi connectivity index (χ1) is 9.63. The summed E-state index contributed by atoms with van der Waals surface area (Å²) in [5.74, 6) is 1.12. The van der Waals surface area contributed by atoms with E-state index < -0.39 is 10.0 Å². The van der Waals surface area contributed by atoms with Crippen LogP contribution in [0.3, 0.4) is 0 Å². The fourth-order valence-corrected chi connectivity index (χ4v) is 4.70. The first kappa shape index (κ1) is 15.6. The Balaban J connectivity index is 2.05. The van der Waals surface area contributed by atoms with Crippen LogP contribution in [0.5, 0.6) is 0 Å². The number of thioether (sulfide) groups is 1. The van der Waals surface area contributed by atoms with Gasteiger partial charge in [-0.25, -0.2) is 18.1 Å². The monoisotopic (exact) mass is 315 g/mol. The maximum atomic E-state index is 12.3. The van der Waals surface area contributed by atoms with Crippen LogP contribution in [0.1, 0.15) is 26.2 Å². The number of hydrogen-bond donors (Lipinski definition) is 2. The maximum Gasteiger partial charge on any atom is 0.260 e. The first-order valence-corrected chi connectivity index (χ1v) is 9.47. The number of anilines is 1. The van der Waals surface area contributed by atoms with Crippen LogP contribution >= 0.6 is 11.8 Å². The third kappa shape index (κ3) is 4.10. The van der Waals surface area contributed by atoms with Crippen molar-refractivity contribution in [2.45, 2.75) is 36.5 Å². The minimum Gasteiger partial charge on any atom is -0.383 e. The molecular formula is C13H21N3O2S2. The second-order valence-electron chi connectivity index (χ2n) is 4.73. The number of hydrogen-bond acceptors (Lipinski definition) is 5. The third-order valence-electron chi connectivity index (χ3n) is 3.17. The van der Waals surface area contributed by atoms with Crippen LogP contribution in [-0.2, 0) is 10.0 Å². The van der Waals surface area contributed by atoms with Gasteiger partial charge in [0.1, 0.15) is 0 Å². The predicted molar refractivity (Wildman–Crippen MR) is 83.7 cm³/mol. The Morgan fingerprint density at radius 3 is 3.00 bits per heavy atom. The van der Waals surface area contributed by atoms with Gasteiger partial charge in [-0.2, -0.15) is 11.8 Å². The molecule has 7 heteroatoms. The minimum atomic E-state index is -3.55. The van der Waals surface area contributed by atoms with Crippen LogP contribution in [0, 0.1) is 0 Å². The molecule has 0 radical (unpaired) electrons. The molecular weight excluding hydrogens is 294 g/mol. The van der Waals surface area contributed by atoms with Gasteiger partial charge in [-0.1, -0.05) is 6.42 Å². The van der Waals surface area contributed by atoms with Crippen LogP contribution < -0.4 is 10.0 Å². The molecule has 0 aliphatic carbocycles. The highest BCUT2D eigenvalue weighted by Gasteiger charge is 2.22. The topological polar surface area (TPSA) is 71.1 Å². The number of rotatable bonds is 6. The van der Waals surface area contributed by atoms with Gasteiger partial charge in [-0.05, 0) is 37.7 Å². The van der Waals surface area contributed by atoms with Crippen LogP contribution in [0.2, 0.25) is 0 Å². The number of sulfonamides is 1. The molecule has 2 heterocycles. The Labute approximate surface area is 125 Å². The van der Waals surface area contributed by atoms with Gasteiger partial charge in [0.15, 0.2) is 5.03 Å². The highest BCUT2D eigenvalue weighted by Crippen LogP contribution is 2.25. The normalized spacial score (nSPS) is 19.8. The fourth-order valence-electron chi connectivity index (χ4n) is 2.17. The standard InChI is InChI=1S/C13H21N3O2S2/c1-2-14-12-7-5-8-15-13(12)20(17,18)16-10-11-6-3-4-9-19-11/h5,7-8,11,14,16H,2-4,6,9-10H2,1H3. The van der Waals surface area contributed by atoms with Gasteiger partial charge >= 0.3 is 0 Å². The van der Waals surface area contributed by atoms with E-state index in [0.717, 1.165) is 12.2 Å². The molecule has 1 fully saturated rings. The third-order valence-corrected chi connectivity index (χ3v) is 5.95. The summed E-state index contributed by atoms with van der Waals surface area (Å²) in [6, 6.07) is 3.47. The molecule has 20 heavy (non-hydrogen) atoms. The van der Waals surface area contributed by atoms with E-state index in [2.05, 4.69) is 15.0 Å². The molecule has 5 nitrogen and oxygen atoms in total. The Morgan fingerprint density at radius 1 is 1.45 bits per heavy atom. The summed E-state index contributed by atoms with van der Waals surface area (Å²) in [6.07, 6.45) is 5.00. The Kier molecular flexibility index (Phi) is 5.68. The zero-order valence-corrected chi connectivity index (χ0v) is 13.3. The Morgan fingerprint density at radius 2 is 2.30 bits per heavy atom. The molecule has 0 saturated carbocycles. The maximum absolute atomic E-state index is 12.3. The van der Waals surface area contributed by atoms with Gasteiger partial charge in [-0.3, -0.25) is 0 Å². The zero-order valence-electron chi connectivity index (χ0n) is 11.6. The van der Waals surface area contributed by atoms with Gasteiger partial charge in [-0.15, -0.1) is 0 Å². The molecule has 2 rings (SSSR count). The van der Waals surface area contributed by atoms with E-state index in [-0.39, 0.29) is 5.03 Å². The number of nitrogens with one attached hydrogen (secondary N) is 2. The molecule has 2 N–H and O–H groups in total. The number of pyridine rings is 1. The van der Waals surface area contributed by atoms with Crippen molar-refractivity contribution < 1.29 is 8.42 Å². The van der Waals surface area contributed by atoms with Gasteiger partial charge in [0.2, 0.25) is 0 Å². The second-order valence-corrected chi connectivity index (χ2v) is 7.82. The van der Waals surface area contributed by atoms with Crippen molar-refractivity contribution in [3.05, 3.63) is 18.3 Å². The van der Waals surface area contributed by atoms with Crippen LogP contribution in [0.15, 0.2) is 23.4 Å².